The van der Waals surface area contributed by atoms with Gasteiger partial charge in [0.25, 0.3) is 0 Å². The summed E-state index contributed by atoms with van der Waals surface area (Å²) in [6.07, 6.45) is 0.150. The molecule has 0 radical (unpaired) electrons. The van der Waals surface area contributed by atoms with Crippen LogP contribution < -0.4 is 10.6 Å². The molecule has 0 amide bonds. The van der Waals surface area contributed by atoms with E-state index in [9.17, 15) is 13.2 Å². The molecule has 0 saturated heterocycles. The Morgan fingerprint density at radius 3 is 2.68 bits per heavy atom. The van der Waals surface area contributed by atoms with E-state index in [1.165, 1.54) is 19.0 Å². The fourth-order valence-electron chi connectivity index (χ4n) is 1.69. The number of nitrogens with one attached hydrogen (secondary N) is 2. The SMILES string of the molecule is FC(F)(F)c1cc(Br)cnc1NCCCNC1CC1. The molecular weight excluding hydrogens is 323 g/mol. The van der Waals surface area contributed by atoms with E-state index >= 15 is 0 Å². The summed E-state index contributed by atoms with van der Waals surface area (Å²) in [6.45, 7) is 1.28. The second-order valence-corrected chi connectivity index (χ2v) is 5.47. The Kier molecular flexibility index (Phi) is 4.67. The third kappa shape index (κ3) is 4.65. The molecule has 1 heterocycles. The van der Waals surface area contributed by atoms with Crippen LogP contribution in [0.2, 0.25) is 0 Å². The van der Waals surface area contributed by atoms with E-state index in [1.54, 1.807) is 0 Å². The first kappa shape index (κ1) is 14.6. The molecule has 0 aliphatic heterocycles. The summed E-state index contributed by atoms with van der Waals surface area (Å²) in [5, 5.41) is 6.06. The van der Waals surface area contributed by atoms with Crippen molar-refractivity contribution in [3.63, 3.8) is 0 Å². The van der Waals surface area contributed by atoms with Crippen LogP contribution in [0.3, 0.4) is 0 Å². The molecule has 2 rings (SSSR count). The summed E-state index contributed by atoms with van der Waals surface area (Å²) in [5.41, 5.74) is -0.739. The summed E-state index contributed by atoms with van der Waals surface area (Å²) in [4.78, 5) is 3.79. The van der Waals surface area contributed by atoms with Gasteiger partial charge in [0.2, 0.25) is 0 Å². The number of hydrogen-bond acceptors (Lipinski definition) is 3. The lowest BCUT2D eigenvalue weighted by molar-refractivity contribution is -0.137. The molecular formula is C12H15BrF3N3. The lowest BCUT2D eigenvalue weighted by Gasteiger charge is -2.13. The first-order chi connectivity index (χ1) is 8.97. The van der Waals surface area contributed by atoms with Crippen molar-refractivity contribution in [1.82, 2.24) is 10.3 Å². The van der Waals surface area contributed by atoms with Crippen molar-refractivity contribution in [1.29, 1.82) is 0 Å². The van der Waals surface area contributed by atoms with Gasteiger partial charge in [0.05, 0.1) is 5.56 Å². The van der Waals surface area contributed by atoms with Gasteiger partial charge in [-0.05, 0) is 47.8 Å². The average Bonchev–Trinajstić information content (AvgIpc) is 3.13. The number of halogens is 4. The van der Waals surface area contributed by atoms with Gasteiger partial charge in [-0.1, -0.05) is 0 Å². The van der Waals surface area contributed by atoms with Crippen molar-refractivity contribution in [2.45, 2.75) is 31.5 Å². The van der Waals surface area contributed by atoms with Gasteiger partial charge < -0.3 is 10.6 Å². The van der Waals surface area contributed by atoms with Gasteiger partial charge in [0.15, 0.2) is 0 Å². The van der Waals surface area contributed by atoms with Gasteiger partial charge in [0, 0.05) is 23.3 Å². The summed E-state index contributed by atoms with van der Waals surface area (Å²) >= 11 is 3.00. The summed E-state index contributed by atoms with van der Waals surface area (Å²) in [5.74, 6) is -0.109. The minimum atomic E-state index is -4.40. The van der Waals surface area contributed by atoms with E-state index in [2.05, 4.69) is 31.5 Å². The van der Waals surface area contributed by atoms with E-state index in [0.717, 1.165) is 19.0 Å². The molecule has 1 aromatic heterocycles. The van der Waals surface area contributed by atoms with E-state index in [4.69, 9.17) is 0 Å². The van der Waals surface area contributed by atoms with Crippen molar-refractivity contribution < 1.29 is 13.2 Å². The Bertz CT molecular complexity index is 433. The van der Waals surface area contributed by atoms with Crippen LogP contribution >= 0.6 is 15.9 Å². The first-order valence-electron chi connectivity index (χ1n) is 6.17. The molecule has 2 N–H and O–H groups in total. The predicted molar refractivity (Wildman–Crippen MR) is 71.1 cm³/mol. The van der Waals surface area contributed by atoms with Crippen LogP contribution in [0, 0.1) is 0 Å². The maximum atomic E-state index is 12.8. The van der Waals surface area contributed by atoms with Crippen molar-refractivity contribution in [3.8, 4) is 0 Å². The molecule has 106 valence electrons. The van der Waals surface area contributed by atoms with Gasteiger partial charge in [-0.15, -0.1) is 0 Å². The van der Waals surface area contributed by atoms with E-state index in [1.807, 2.05) is 0 Å². The maximum absolute atomic E-state index is 12.8. The van der Waals surface area contributed by atoms with Gasteiger partial charge in [-0.3, -0.25) is 0 Å². The van der Waals surface area contributed by atoms with Crippen LogP contribution in [0.15, 0.2) is 16.7 Å². The van der Waals surface area contributed by atoms with Crippen LogP contribution in [-0.4, -0.2) is 24.1 Å². The summed E-state index contributed by atoms with van der Waals surface area (Å²) in [6, 6.07) is 1.66. The Morgan fingerprint density at radius 2 is 2.05 bits per heavy atom. The maximum Gasteiger partial charge on any atom is 0.419 e. The number of aromatic nitrogens is 1. The van der Waals surface area contributed by atoms with Gasteiger partial charge in [-0.25, -0.2) is 4.98 Å². The molecule has 0 atom stereocenters. The minimum Gasteiger partial charge on any atom is -0.370 e. The Morgan fingerprint density at radius 1 is 1.32 bits per heavy atom. The molecule has 1 fully saturated rings. The number of anilines is 1. The van der Waals surface area contributed by atoms with E-state index in [-0.39, 0.29) is 5.82 Å². The summed E-state index contributed by atoms with van der Waals surface area (Å²) in [7, 11) is 0. The van der Waals surface area contributed by atoms with Crippen molar-refractivity contribution in [2.75, 3.05) is 18.4 Å². The predicted octanol–water partition coefficient (Wildman–Crippen LogP) is 3.42. The molecule has 1 aromatic rings. The van der Waals surface area contributed by atoms with Gasteiger partial charge in [-0.2, -0.15) is 13.2 Å². The monoisotopic (exact) mass is 337 g/mol. The first-order valence-corrected chi connectivity index (χ1v) is 6.96. The average molecular weight is 338 g/mol. The van der Waals surface area contributed by atoms with Crippen LogP contribution in [0.5, 0.6) is 0 Å². The highest BCUT2D eigenvalue weighted by Crippen LogP contribution is 2.35. The van der Waals surface area contributed by atoms with Crippen molar-refractivity contribution in [3.05, 3.63) is 22.3 Å². The lowest BCUT2D eigenvalue weighted by atomic mass is 10.2. The van der Waals surface area contributed by atoms with Crippen LogP contribution in [0.1, 0.15) is 24.8 Å². The fraction of sp³-hybridized carbons (Fsp3) is 0.583. The third-order valence-electron chi connectivity index (χ3n) is 2.82. The van der Waals surface area contributed by atoms with Gasteiger partial charge in [0.1, 0.15) is 5.82 Å². The highest BCUT2D eigenvalue weighted by molar-refractivity contribution is 9.10. The number of pyridine rings is 1. The zero-order chi connectivity index (χ0) is 13.9. The molecule has 1 saturated carbocycles. The minimum absolute atomic E-state index is 0.109. The molecule has 1 aliphatic rings. The number of hydrogen-bond donors (Lipinski definition) is 2. The molecule has 19 heavy (non-hydrogen) atoms. The number of rotatable bonds is 6. The van der Waals surface area contributed by atoms with E-state index in [0.29, 0.717) is 17.1 Å². The topological polar surface area (TPSA) is 37.0 Å². The zero-order valence-electron chi connectivity index (χ0n) is 10.2. The molecule has 3 nitrogen and oxygen atoms in total. The van der Waals surface area contributed by atoms with Crippen molar-refractivity contribution in [2.24, 2.45) is 0 Å². The van der Waals surface area contributed by atoms with Crippen LogP contribution in [0.4, 0.5) is 19.0 Å². The highest BCUT2D eigenvalue weighted by atomic mass is 79.9. The van der Waals surface area contributed by atoms with Crippen LogP contribution in [0.25, 0.3) is 0 Å². The second kappa shape index (κ2) is 6.09. The quantitative estimate of drug-likeness (QED) is 0.781. The fourth-order valence-corrected chi connectivity index (χ4v) is 2.02. The van der Waals surface area contributed by atoms with Crippen molar-refractivity contribution >= 4 is 21.7 Å². The lowest BCUT2D eigenvalue weighted by Crippen LogP contribution is -2.21. The Labute approximate surface area is 118 Å². The number of nitrogens with zero attached hydrogens (tertiary/aromatic N) is 1. The molecule has 0 bridgehead atoms. The molecule has 7 heteroatoms. The Hall–Kier alpha value is -0.820. The normalized spacial score (nSPS) is 15.6. The molecule has 1 aliphatic carbocycles. The smallest absolute Gasteiger partial charge is 0.370 e. The Balaban J connectivity index is 1.87. The highest BCUT2D eigenvalue weighted by Gasteiger charge is 2.34. The van der Waals surface area contributed by atoms with Gasteiger partial charge >= 0.3 is 6.18 Å². The molecule has 0 aromatic carbocycles. The summed E-state index contributed by atoms with van der Waals surface area (Å²) < 4.78 is 38.7. The standard InChI is InChI=1S/C12H15BrF3N3/c13-8-6-10(12(14,15)16)11(19-7-8)18-5-1-4-17-9-2-3-9/h6-7,9,17H,1-5H2,(H,18,19). The second-order valence-electron chi connectivity index (χ2n) is 4.56. The zero-order valence-corrected chi connectivity index (χ0v) is 11.8. The molecule has 0 spiro atoms. The molecule has 0 unspecified atom stereocenters. The van der Waals surface area contributed by atoms with E-state index < -0.39 is 11.7 Å². The largest absolute Gasteiger partial charge is 0.419 e. The van der Waals surface area contributed by atoms with Crippen LogP contribution in [-0.2, 0) is 6.18 Å². The third-order valence-corrected chi connectivity index (χ3v) is 3.25. The number of alkyl halides is 3.